The Hall–Kier alpha value is -2.82. The molecule has 0 saturated carbocycles. The van der Waals surface area contributed by atoms with Gasteiger partial charge in [-0.15, -0.1) is 11.3 Å². The van der Waals surface area contributed by atoms with E-state index in [9.17, 15) is 0 Å². The van der Waals surface area contributed by atoms with E-state index in [2.05, 4.69) is 88.9 Å². The zero-order chi connectivity index (χ0) is 19.5. The molecular formula is C25H23N3S. The van der Waals surface area contributed by atoms with Gasteiger partial charge in [0.05, 0.1) is 0 Å². The van der Waals surface area contributed by atoms with E-state index in [1.165, 1.54) is 54.6 Å². The van der Waals surface area contributed by atoms with Crippen LogP contribution in [0.3, 0.4) is 0 Å². The van der Waals surface area contributed by atoms with Crippen LogP contribution in [-0.2, 0) is 13.6 Å². The molecule has 3 nitrogen and oxygen atoms in total. The molecule has 0 bridgehead atoms. The van der Waals surface area contributed by atoms with E-state index in [-0.39, 0.29) is 0 Å². The summed E-state index contributed by atoms with van der Waals surface area (Å²) in [6.45, 7) is 4.07. The van der Waals surface area contributed by atoms with Gasteiger partial charge in [0.15, 0.2) is 0 Å². The van der Waals surface area contributed by atoms with E-state index in [0.717, 1.165) is 13.1 Å². The van der Waals surface area contributed by atoms with Crippen molar-refractivity contribution < 1.29 is 0 Å². The second kappa shape index (κ2) is 6.34. The van der Waals surface area contributed by atoms with Gasteiger partial charge in [-0.25, -0.2) is 0 Å². The average molecular weight is 398 g/mol. The Kier molecular flexibility index (Phi) is 3.73. The summed E-state index contributed by atoms with van der Waals surface area (Å²) in [4.78, 5) is 5.13. The quantitative estimate of drug-likeness (QED) is 0.380. The molecule has 2 N–H and O–H groups in total. The lowest BCUT2D eigenvalue weighted by Gasteiger charge is -2.24. The summed E-state index contributed by atoms with van der Waals surface area (Å²) in [6, 6.07) is 18.1. The molecule has 29 heavy (non-hydrogen) atoms. The number of rotatable bonds is 2. The summed E-state index contributed by atoms with van der Waals surface area (Å²) in [5.74, 6) is 0.344. The lowest BCUT2D eigenvalue weighted by Crippen LogP contribution is -2.28. The van der Waals surface area contributed by atoms with Crippen molar-refractivity contribution in [1.29, 1.82) is 0 Å². The highest BCUT2D eigenvalue weighted by Gasteiger charge is 2.28. The first kappa shape index (κ1) is 17.1. The number of thiophene rings is 1. The minimum Gasteiger partial charge on any atom is -0.358 e. The predicted molar refractivity (Wildman–Crippen MR) is 123 cm³/mol. The van der Waals surface area contributed by atoms with Crippen LogP contribution in [0.25, 0.3) is 32.2 Å². The average Bonchev–Trinajstić information content (AvgIpc) is 3.45. The fourth-order valence-electron chi connectivity index (χ4n) is 4.81. The van der Waals surface area contributed by atoms with Crippen LogP contribution in [0.1, 0.15) is 28.3 Å². The van der Waals surface area contributed by atoms with Crippen molar-refractivity contribution in [3.05, 3.63) is 82.5 Å². The van der Waals surface area contributed by atoms with Crippen molar-refractivity contribution in [3.63, 3.8) is 0 Å². The van der Waals surface area contributed by atoms with Crippen LogP contribution in [0.4, 0.5) is 0 Å². The maximum atomic E-state index is 3.76. The molecule has 2 aromatic carbocycles. The Morgan fingerprint density at radius 1 is 1.07 bits per heavy atom. The van der Waals surface area contributed by atoms with Crippen LogP contribution in [-0.4, -0.2) is 16.1 Å². The largest absolute Gasteiger partial charge is 0.358 e. The summed E-state index contributed by atoms with van der Waals surface area (Å²) in [6.07, 6.45) is 2.13. The third-order valence-corrected chi connectivity index (χ3v) is 7.29. The lowest BCUT2D eigenvalue weighted by molar-refractivity contribution is 0.588. The highest BCUT2D eigenvalue weighted by atomic mass is 32.1. The van der Waals surface area contributed by atoms with Crippen LogP contribution in [0, 0.1) is 6.92 Å². The minimum atomic E-state index is 0.344. The summed E-state index contributed by atoms with van der Waals surface area (Å²) in [5, 5.41) is 8.56. The molecule has 4 heterocycles. The van der Waals surface area contributed by atoms with Gasteiger partial charge in [-0.3, -0.25) is 0 Å². The first-order valence-corrected chi connectivity index (χ1v) is 11.0. The number of nitrogens with one attached hydrogen (secondary N) is 2. The highest BCUT2D eigenvalue weighted by Crippen LogP contribution is 2.41. The topological polar surface area (TPSA) is 32.8 Å². The second-order valence-corrected chi connectivity index (χ2v) is 9.07. The molecule has 1 aliphatic rings. The molecule has 0 saturated heterocycles. The van der Waals surface area contributed by atoms with Gasteiger partial charge in [0.25, 0.3) is 0 Å². The molecule has 6 rings (SSSR count). The number of aromatic nitrogens is 2. The van der Waals surface area contributed by atoms with Crippen LogP contribution in [0.5, 0.6) is 0 Å². The Morgan fingerprint density at radius 2 is 2.00 bits per heavy atom. The maximum absolute atomic E-state index is 3.76. The van der Waals surface area contributed by atoms with Crippen LogP contribution >= 0.6 is 11.3 Å². The summed E-state index contributed by atoms with van der Waals surface area (Å²) in [5.41, 5.74) is 9.37. The monoisotopic (exact) mass is 397 g/mol. The summed E-state index contributed by atoms with van der Waals surface area (Å²) >= 11 is 1.85. The summed E-state index contributed by atoms with van der Waals surface area (Å²) in [7, 11) is 2.12. The smallest absolute Gasteiger partial charge is 0.0484 e. The van der Waals surface area contributed by atoms with E-state index >= 15 is 0 Å². The number of hydrogen-bond donors (Lipinski definition) is 2. The van der Waals surface area contributed by atoms with Gasteiger partial charge in [-0.1, -0.05) is 23.8 Å². The SMILES string of the molecule is Cc1ccc2[nH]c3c(c2c1)CNCC3c1ccsc1-c1ccc2ccn(C)c2c1. The molecule has 0 spiro atoms. The lowest BCUT2D eigenvalue weighted by atomic mass is 9.89. The molecule has 144 valence electrons. The van der Waals surface area contributed by atoms with Gasteiger partial charge in [0, 0.05) is 59.2 Å². The molecular weight excluding hydrogens is 374 g/mol. The van der Waals surface area contributed by atoms with Crippen molar-refractivity contribution in [2.24, 2.45) is 7.05 Å². The molecule has 3 aromatic heterocycles. The summed E-state index contributed by atoms with van der Waals surface area (Å²) < 4.78 is 2.20. The standard InChI is InChI=1S/C25H23N3S/c1-15-3-6-22-19(11-15)21-14-26-13-20(24(21)27-22)18-8-10-29-25(18)17-5-4-16-7-9-28(2)23(16)12-17/h3-12,20,26-27H,13-14H2,1-2H3. The number of aromatic amines is 1. The van der Waals surface area contributed by atoms with E-state index < -0.39 is 0 Å². The number of benzene rings is 2. The van der Waals surface area contributed by atoms with Crippen molar-refractivity contribution in [3.8, 4) is 10.4 Å². The third kappa shape index (κ3) is 2.60. The van der Waals surface area contributed by atoms with Gasteiger partial charge >= 0.3 is 0 Å². The molecule has 5 aromatic rings. The van der Waals surface area contributed by atoms with Gasteiger partial charge in [-0.2, -0.15) is 0 Å². The molecule has 0 fully saturated rings. The molecule has 0 radical (unpaired) electrons. The zero-order valence-electron chi connectivity index (χ0n) is 16.6. The van der Waals surface area contributed by atoms with E-state index in [1.54, 1.807) is 0 Å². The van der Waals surface area contributed by atoms with Crippen molar-refractivity contribution in [2.45, 2.75) is 19.4 Å². The Balaban J connectivity index is 1.50. The van der Waals surface area contributed by atoms with Crippen LogP contribution in [0.2, 0.25) is 0 Å². The Labute approximate surface area is 174 Å². The van der Waals surface area contributed by atoms with Crippen LogP contribution < -0.4 is 5.32 Å². The van der Waals surface area contributed by atoms with E-state index in [4.69, 9.17) is 0 Å². The fraction of sp³-hybridized carbons (Fsp3) is 0.200. The second-order valence-electron chi connectivity index (χ2n) is 8.16. The van der Waals surface area contributed by atoms with Crippen LogP contribution in [0.15, 0.2) is 60.1 Å². The van der Waals surface area contributed by atoms with Crippen molar-refractivity contribution in [2.75, 3.05) is 6.54 Å². The van der Waals surface area contributed by atoms with Gasteiger partial charge in [0.1, 0.15) is 0 Å². The van der Waals surface area contributed by atoms with Crippen molar-refractivity contribution in [1.82, 2.24) is 14.9 Å². The third-order valence-electron chi connectivity index (χ3n) is 6.31. The molecule has 1 atom stereocenters. The number of nitrogens with zero attached hydrogens (tertiary/aromatic N) is 1. The van der Waals surface area contributed by atoms with Gasteiger partial charge < -0.3 is 14.9 Å². The number of fused-ring (bicyclic) bond motifs is 4. The molecule has 1 aliphatic heterocycles. The fourth-order valence-corrected chi connectivity index (χ4v) is 5.77. The first-order chi connectivity index (χ1) is 14.2. The Morgan fingerprint density at radius 3 is 2.93 bits per heavy atom. The normalized spacial score (nSPS) is 16.6. The molecule has 0 aliphatic carbocycles. The first-order valence-electron chi connectivity index (χ1n) is 10.1. The molecule has 0 amide bonds. The van der Waals surface area contributed by atoms with Crippen molar-refractivity contribution >= 4 is 33.1 Å². The number of hydrogen-bond acceptors (Lipinski definition) is 2. The Bertz CT molecular complexity index is 1370. The maximum Gasteiger partial charge on any atom is 0.0484 e. The number of aryl methyl sites for hydroxylation is 2. The van der Waals surface area contributed by atoms with E-state index in [1.807, 2.05) is 11.3 Å². The van der Waals surface area contributed by atoms with Gasteiger partial charge in [-0.05, 0) is 64.7 Å². The zero-order valence-corrected chi connectivity index (χ0v) is 17.4. The predicted octanol–water partition coefficient (Wildman–Crippen LogP) is 5.93. The van der Waals surface area contributed by atoms with E-state index in [0.29, 0.717) is 5.92 Å². The highest BCUT2D eigenvalue weighted by molar-refractivity contribution is 7.13. The molecule has 4 heteroatoms. The molecule has 1 unspecified atom stereocenters. The minimum absolute atomic E-state index is 0.344. The van der Waals surface area contributed by atoms with Gasteiger partial charge in [0.2, 0.25) is 0 Å². The number of H-pyrrole nitrogens is 1.